The standard InChI is InChI=1S/C19H25N3O3S/c1-5-22(6-2)16(23)12-20-18(24)17-13(4)21-19(26-17)14-8-10-15(11-9-14)25-7-3/h8-11H,5-7,12H2,1-4H3,(H,20,24). The fraction of sp³-hybridized carbons (Fsp3) is 0.421. The summed E-state index contributed by atoms with van der Waals surface area (Å²) >= 11 is 1.32. The first-order chi connectivity index (χ1) is 12.5. The smallest absolute Gasteiger partial charge is 0.263 e. The summed E-state index contributed by atoms with van der Waals surface area (Å²) < 4.78 is 5.44. The zero-order valence-corrected chi connectivity index (χ0v) is 16.5. The molecule has 6 nitrogen and oxygen atoms in total. The first-order valence-corrected chi connectivity index (χ1v) is 9.58. The summed E-state index contributed by atoms with van der Waals surface area (Å²) in [7, 11) is 0. The van der Waals surface area contributed by atoms with E-state index in [2.05, 4.69) is 10.3 Å². The van der Waals surface area contributed by atoms with Gasteiger partial charge >= 0.3 is 0 Å². The topological polar surface area (TPSA) is 71.5 Å². The number of hydrogen-bond acceptors (Lipinski definition) is 5. The van der Waals surface area contributed by atoms with Crippen LogP contribution in [-0.2, 0) is 4.79 Å². The molecule has 1 heterocycles. The third-order valence-electron chi connectivity index (χ3n) is 3.93. The first kappa shape index (κ1) is 19.9. The lowest BCUT2D eigenvalue weighted by molar-refractivity contribution is -0.129. The summed E-state index contributed by atoms with van der Waals surface area (Å²) in [4.78, 5) is 31.2. The number of likely N-dealkylation sites (N-methyl/N-ethyl adjacent to an activating group) is 1. The molecule has 2 amide bonds. The molecule has 1 aromatic carbocycles. The zero-order valence-electron chi connectivity index (χ0n) is 15.7. The minimum absolute atomic E-state index is 0.00373. The highest BCUT2D eigenvalue weighted by molar-refractivity contribution is 7.17. The molecular formula is C19H25N3O3S. The predicted octanol–water partition coefficient (Wildman–Crippen LogP) is 3.12. The highest BCUT2D eigenvalue weighted by Crippen LogP contribution is 2.29. The van der Waals surface area contributed by atoms with Crippen LogP contribution >= 0.6 is 11.3 Å². The van der Waals surface area contributed by atoms with Crippen molar-refractivity contribution in [3.63, 3.8) is 0 Å². The van der Waals surface area contributed by atoms with Crippen LogP contribution in [0.2, 0.25) is 0 Å². The highest BCUT2D eigenvalue weighted by atomic mass is 32.1. The summed E-state index contributed by atoms with van der Waals surface area (Å²) in [6, 6.07) is 7.62. The largest absolute Gasteiger partial charge is 0.494 e. The maximum Gasteiger partial charge on any atom is 0.263 e. The van der Waals surface area contributed by atoms with Crippen LogP contribution in [0.25, 0.3) is 10.6 Å². The van der Waals surface area contributed by atoms with Crippen LogP contribution in [0.15, 0.2) is 24.3 Å². The average molecular weight is 375 g/mol. The van der Waals surface area contributed by atoms with Gasteiger partial charge in [0.1, 0.15) is 15.6 Å². The quantitative estimate of drug-likeness (QED) is 0.769. The summed E-state index contributed by atoms with van der Waals surface area (Å²) in [6.45, 7) is 9.45. The molecule has 0 aliphatic heterocycles. The van der Waals surface area contributed by atoms with Crippen molar-refractivity contribution in [2.24, 2.45) is 0 Å². The number of benzene rings is 1. The summed E-state index contributed by atoms with van der Waals surface area (Å²) in [5, 5.41) is 3.47. The SMILES string of the molecule is CCOc1ccc(-c2nc(C)c(C(=O)NCC(=O)N(CC)CC)s2)cc1. The molecule has 0 atom stereocenters. The van der Waals surface area contributed by atoms with E-state index >= 15 is 0 Å². The number of carbonyl (C=O) groups excluding carboxylic acids is 2. The van der Waals surface area contributed by atoms with Crippen molar-refractivity contribution in [2.45, 2.75) is 27.7 Å². The van der Waals surface area contributed by atoms with Crippen molar-refractivity contribution < 1.29 is 14.3 Å². The Morgan fingerprint density at radius 2 is 1.81 bits per heavy atom. The van der Waals surface area contributed by atoms with E-state index in [1.54, 1.807) is 11.8 Å². The van der Waals surface area contributed by atoms with Crippen molar-refractivity contribution in [1.29, 1.82) is 0 Å². The summed E-state index contributed by atoms with van der Waals surface area (Å²) in [6.07, 6.45) is 0. The molecule has 2 rings (SSSR count). The number of amides is 2. The molecular weight excluding hydrogens is 350 g/mol. The molecule has 0 saturated carbocycles. The molecule has 0 aliphatic rings. The van der Waals surface area contributed by atoms with Crippen LogP contribution < -0.4 is 10.1 Å². The molecule has 0 saturated heterocycles. The van der Waals surface area contributed by atoms with Crippen LogP contribution in [0, 0.1) is 6.92 Å². The average Bonchev–Trinajstić information content (AvgIpc) is 3.03. The van der Waals surface area contributed by atoms with Crippen molar-refractivity contribution in [3.8, 4) is 16.3 Å². The number of carbonyl (C=O) groups is 2. The molecule has 0 fully saturated rings. The second-order valence-electron chi connectivity index (χ2n) is 5.64. The number of hydrogen-bond donors (Lipinski definition) is 1. The molecule has 1 aromatic heterocycles. The van der Waals surface area contributed by atoms with Crippen LogP contribution in [0.1, 0.15) is 36.1 Å². The molecule has 1 N–H and O–H groups in total. The summed E-state index contributed by atoms with van der Waals surface area (Å²) in [5.41, 5.74) is 1.59. The zero-order chi connectivity index (χ0) is 19.1. The molecule has 0 spiro atoms. The minimum Gasteiger partial charge on any atom is -0.494 e. The second kappa shape index (κ2) is 9.33. The third-order valence-corrected chi connectivity index (χ3v) is 5.14. The van der Waals surface area contributed by atoms with Crippen molar-refractivity contribution in [2.75, 3.05) is 26.2 Å². The maximum absolute atomic E-state index is 12.4. The molecule has 7 heteroatoms. The predicted molar refractivity (Wildman–Crippen MR) is 104 cm³/mol. The minimum atomic E-state index is -0.266. The number of aryl methyl sites for hydroxylation is 1. The number of nitrogens with one attached hydrogen (secondary N) is 1. The van der Waals surface area contributed by atoms with Crippen molar-refractivity contribution in [3.05, 3.63) is 34.8 Å². The first-order valence-electron chi connectivity index (χ1n) is 8.76. The van der Waals surface area contributed by atoms with Gasteiger partial charge in [0.15, 0.2) is 0 Å². The number of rotatable bonds is 8. The molecule has 0 bridgehead atoms. The Morgan fingerprint density at radius 3 is 2.38 bits per heavy atom. The molecule has 2 aromatic rings. The number of nitrogens with zero attached hydrogens (tertiary/aromatic N) is 2. The lowest BCUT2D eigenvalue weighted by atomic mass is 10.2. The molecule has 0 radical (unpaired) electrons. The molecule has 0 aliphatic carbocycles. The van der Waals surface area contributed by atoms with Crippen LogP contribution in [-0.4, -0.2) is 47.9 Å². The maximum atomic E-state index is 12.4. The Morgan fingerprint density at radius 1 is 1.15 bits per heavy atom. The van der Waals surface area contributed by atoms with Crippen LogP contribution in [0.3, 0.4) is 0 Å². The highest BCUT2D eigenvalue weighted by Gasteiger charge is 2.18. The van der Waals surface area contributed by atoms with E-state index in [1.165, 1.54) is 11.3 Å². The number of aromatic nitrogens is 1. The van der Waals surface area contributed by atoms with Crippen LogP contribution in [0.4, 0.5) is 0 Å². The summed E-state index contributed by atoms with van der Waals surface area (Å²) in [5.74, 6) is 0.451. The van der Waals surface area contributed by atoms with E-state index in [9.17, 15) is 9.59 Å². The fourth-order valence-corrected chi connectivity index (χ4v) is 3.50. The Labute approximate surface area is 158 Å². The number of ether oxygens (including phenoxy) is 1. The van der Waals surface area contributed by atoms with Gasteiger partial charge in [-0.2, -0.15) is 0 Å². The van der Waals surface area contributed by atoms with E-state index < -0.39 is 0 Å². The normalized spacial score (nSPS) is 10.5. The molecule has 140 valence electrons. The Balaban J connectivity index is 2.07. The van der Waals surface area contributed by atoms with Gasteiger partial charge in [-0.15, -0.1) is 11.3 Å². The van der Waals surface area contributed by atoms with E-state index in [0.29, 0.717) is 30.3 Å². The molecule has 0 unspecified atom stereocenters. The van der Waals surface area contributed by atoms with Gasteiger partial charge in [-0.3, -0.25) is 9.59 Å². The van der Waals surface area contributed by atoms with Crippen molar-refractivity contribution >= 4 is 23.2 Å². The monoisotopic (exact) mass is 375 g/mol. The molecule has 26 heavy (non-hydrogen) atoms. The second-order valence-corrected chi connectivity index (χ2v) is 6.64. The van der Waals surface area contributed by atoms with E-state index in [1.807, 2.05) is 45.0 Å². The van der Waals surface area contributed by atoms with E-state index in [4.69, 9.17) is 4.74 Å². The van der Waals surface area contributed by atoms with E-state index in [0.717, 1.165) is 16.3 Å². The fourth-order valence-electron chi connectivity index (χ4n) is 2.52. The van der Waals surface area contributed by atoms with Gasteiger partial charge in [-0.05, 0) is 52.0 Å². The number of thiazole rings is 1. The lowest BCUT2D eigenvalue weighted by Gasteiger charge is -2.18. The Hall–Kier alpha value is -2.41. The van der Waals surface area contributed by atoms with Gasteiger partial charge in [-0.25, -0.2) is 4.98 Å². The van der Waals surface area contributed by atoms with Gasteiger partial charge < -0.3 is 15.0 Å². The van der Waals surface area contributed by atoms with E-state index in [-0.39, 0.29) is 18.4 Å². The van der Waals surface area contributed by atoms with Gasteiger partial charge in [-0.1, -0.05) is 0 Å². The third kappa shape index (κ3) is 4.82. The van der Waals surface area contributed by atoms with Crippen LogP contribution in [0.5, 0.6) is 5.75 Å². The van der Waals surface area contributed by atoms with Crippen molar-refractivity contribution in [1.82, 2.24) is 15.2 Å². The van der Waals surface area contributed by atoms with Gasteiger partial charge in [0.25, 0.3) is 5.91 Å². The lowest BCUT2D eigenvalue weighted by Crippen LogP contribution is -2.39. The van der Waals surface area contributed by atoms with Gasteiger partial charge in [0.2, 0.25) is 5.91 Å². The Bertz CT molecular complexity index is 752. The Kier molecular flexibility index (Phi) is 7.15. The van der Waals surface area contributed by atoms with Gasteiger partial charge in [0, 0.05) is 18.7 Å². The van der Waals surface area contributed by atoms with Gasteiger partial charge in [0.05, 0.1) is 18.8 Å².